The standard InChI is InChI=1S/C19H19NO3/c1-3-13-8-10-14(11-9-13)17(21)12-19(23)15-6-4-5-7-16(15)20(2)18(19)22/h4-11,23H,3,12H2,1-2H3/t19-/m0/s1. The van der Waals surface area contributed by atoms with Gasteiger partial charge in [0, 0.05) is 18.2 Å². The highest BCUT2D eigenvalue weighted by Crippen LogP contribution is 2.41. The summed E-state index contributed by atoms with van der Waals surface area (Å²) < 4.78 is 0. The quantitative estimate of drug-likeness (QED) is 0.883. The van der Waals surface area contributed by atoms with Gasteiger partial charge in [-0.3, -0.25) is 9.59 Å². The van der Waals surface area contributed by atoms with Crippen molar-refractivity contribution in [2.75, 3.05) is 11.9 Å². The number of Topliss-reactive ketones (excluding diaryl/α,β-unsaturated/α-hetero) is 1. The van der Waals surface area contributed by atoms with E-state index in [1.54, 1.807) is 43.4 Å². The van der Waals surface area contributed by atoms with Crippen molar-refractivity contribution in [1.29, 1.82) is 0 Å². The molecule has 2 aromatic rings. The van der Waals surface area contributed by atoms with Crippen molar-refractivity contribution in [3.8, 4) is 0 Å². The number of hydrogen-bond acceptors (Lipinski definition) is 3. The molecule has 2 aromatic carbocycles. The highest BCUT2D eigenvalue weighted by atomic mass is 16.3. The zero-order chi connectivity index (χ0) is 16.6. The third-order valence-corrected chi connectivity index (χ3v) is 4.47. The Morgan fingerprint density at radius 3 is 2.43 bits per heavy atom. The van der Waals surface area contributed by atoms with Gasteiger partial charge < -0.3 is 10.0 Å². The van der Waals surface area contributed by atoms with E-state index in [4.69, 9.17) is 0 Å². The summed E-state index contributed by atoms with van der Waals surface area (Å²) in [4.78, 5) is 26.4. The summed E-state index contributed by atoms with van der Waals surface area (Å²) in [6.45, 7) is 2.05. The molecular weight excluding hydrogens is 290 g/mol. The molecular formula is C19H19NO3. The Labute approximate surface area is 135 Å². The predicted octanol–water partition coefficient (Wildman–Crippen LogP) is 2.69. The van der Waals surface area contributed by atoms with Gasteiger partial charge in [-0.2, -0.15) is 0 Å². The SMILES string of the molecule is CCc1ccc(C(=O)C[C@@]2(O)C(=O)N(C)c3ccccc32)cc1. The highest BCUT2D eigenvalue weighted by molar-refractivity contribution is 6.10. The number of ketones is 1. The number of rotatable bonds is 4. The minimum absolute atomic E-state index is 0.242. The highest BCUT2D eigenvalue weighted by Gasteiger charge is 2.49. The Kier molecular flexibility index (Phi) is 3.78. The molecule has 0 unspecified atom stereocenters. The second kappa shape index (κ2) is 5.63. The lowest BCUT2D eigenvalue weighted by molar-refractivity contribution is -0.135. The van der Waals surface area contributed by atoms with Crippen LogP contribution in [0.3, 0.4) is 0 Å². The van der Waals surface area contributed by atoms with Crippen LogP contribution in [-0.4, -0.2) is 23.8 Å². The third kappa shape index (κ3) is 2.45. The van der Waals surface area contributed by atoms with E-state index < -0.39 is 11.5 Å². The summed E-state index contributed by atoms with van der Waals surface area (Å²) in [5.41, 5.74) is 1.00. The number of nitrogens with zero attached hydrogens (tertiary/aromatic N) is 1. The van der Waals surface area contributed by atoms with Gasteiger partial charge in [0.05, 0.1) is 12.1 Å². The lowest BCUT2D eigenvalue weighted by Crippen LogP contribution is -2.40. The fraction of sp³-hybridized carbons (Fsp3) is 0.263. The number of aliphatic hydroxyl groups is 1. The van der Waals surface area contributed by atoms with Crippen LogP contribution in [0.4, 0.5) is 5.69 Å². The molecule has 0 fully saturated rings. The van der Waals surface area contributed by atoms with Gasteiger partial charge in [-0.1, -0.05) is 49.4 Å². The Balaban J connectivity index is 1.92. The average Bonchev–Trinajstić information content (AvgIpc) is 2.77. The fourth-order valence-corrected chi connectivity index (χ4v) is 3.05. The second-order valence-corrected chi connectivity index (χ2v) is 5.89. The molecule has 4 nitrogen and oxygen atoms in total. The monoisotopic (exact) mass is 309 g/mol. The van der Waals surface area contributed by atoms with Crippen LogP contribution in [-0.2, 0) is 16.8 Å². The zero-order valence-corrected chi connectivity index (χ0v) is 13.2. The van der Waals surface area contributed by atoms with Crippen LogP contribution in [0.25, 0.3) is 0 Å². The number of benzene rings is 2. The van der Waals surface area contributed by atoms with Gasteiger partial charge in [0.2, 0.25) is 0 Å². The lowest BCUT2D eigenvalue weighted by Gasteiger charge is -2.21. The molecule has 1 aliphatic heterocycles. The lowest BCUT2D eigenvalue weighted by atomic mass is 9.88. The van der Waals surface area contributed by atoms with Crippen molar-refractivity contribution >= 4 is 17.4 Å². The molecule has 1 N–H and O–H groups in total. The van der Waals surface area contributed by atoms with Crippen molar-refractivity contribution in [2.24, 2.45) is 0 Å². The van der Waals surface area contributed by atoms with Crippen molar-refractivity contribution in [1.82, 2.24) is 0 Å². The third-order valence-electron chi connectivity index (χ3n) is 4.47. The summed E-state index contributed by atoms with van der Waals surface area (Å²) in [5.74, 6) is -0.703. The van der Waals surface area contributed by atoms with Gasteiger partial charge in [0.15, 0.2) is 11.4 Å². The zero-order valence-electron chi connectivity index (χ0n) is 13.2. The molecule has 118 valence electrons. The largest absolute Gasteiger partial charge is 0.375 e. The molecule has 1 atom stereocenters. The summed E-state index contributed by atoms with van der Waals surface area (Å²) in [6, 6.07) is 14.3. The number of amides is 1. The molecule has 1 heterocycles. The van der Waals surface area contributed by atoms with Gasteiger partial charge in [-0.25, -0.2) is 0 Å². The van der Waals surface area contributed by atoms with Crippen LogP contribution >= 0.6 is 0 Å². The van der Waals surface area contributed by atoms with E-state index >= 15 is 0 Å². The topological polar surface area (TPSA) is 57.6 Å². The van der Waals surface area contributed by atoms with Crippen molar-refractivity contribution in [3.63, 3.8) is 0 Å². The number of fused-ring (bicyclic) bond motifs is 1. The molecule has 0 radical (unpaired) electrons. The number of carbonyl (C=O) groups excluding carboxylic acids is 2. The van der Waals surface area contributed by atoms with Gasteiger partial charge in [-0.05, 0) is 18.1 Å². The molecule has 3 rings (SSSR count). The van der Waals surface area contributed by atoms with E-state index in [2.05, 4.69) is 0 Å². The van der Waals surface area contributed by atoms with Crippen LogP contribution in [0.2, 0.25) is 0 Å². The maximum Gasteiger partial charge on any atom is 0.263 e. The van der Waals surface area contributed by atoms with Crippen molar-refractivity contribution in [2.45, 2.75) is 25.4 Å². The van der Waals surface area contributed by atoms with Crippen LogP contribution in [0.1, 0.15) is 34.8 Å². The summed E-state index contributed by atoms with van der Waals surface area (Å²) in [7, 11) is 1.61. The molecule has 0 spiro atoms. The van der Waals surface area contributed by atoms with E-state index in [1.165, 1.54) is 4.90 Å². The normalized spacial score (nSPS) is 19.8. The summed E-state index contributed by atoms with van der Waals surface area (Å²) >= 11 is 0. The first-order valence-electron chi connectivity index (χ1n) is 7.69. The predicted molar refractivity (Wildman–Crippen MR) is 88.5 cm³/mol. The Hall–Kier alpha value is -2.46. The van der Waals surface area contributed by atoms with Crippen LogP contribution < -0.4 is 4.90 Å². The molecule has 4 heteroatoms. The molecule has 1 aliphatic rings. The van der Waals surface area contributed by atoms with Crippen molar-refractivity contribution in [3.05, 3.63) is 65.2 Å². The van der Waals surface area contributed by atoms with Gasteiger partial charge >= 0.3 is 0 Å². The number of likely N-dealkylation sites (N-methyl/N-ethyl adjacent to an activating group) is 1. The molecule has 0 saturated carbocycles. The van der Waals surface area contributed by atoms with E-state index in [1.807, 2.05) is 19.1 Å². The van der Waals surface area contributed by atoms with E-state index in [9.17, 15) is 14.7 Å². The number of aryl methyl sites for hydroxylation is 1. The first-order valence-corrected chi connectivity index (χ1v) is 7.69. The van der Waals surface area contributed by atoms with Crippen molar-refractivity contribution < 1.29 is 14.7 Å². The maximum absolute atomic E-state index is 12.5. The first-order chi connectivity index (χ1) is 11.0. The maximum atomic E-state index is 12.5. The Morgan fingerprint density at radius 1 is 1.13 bits per heavy atom. The van der Waals surface area contributed by atoms with E-state index in [-0.39, 0.29) is 12.2 Å². The minimum Gasteiger partial charge on any atom is -0.375 e. The van der Waals surface area contributed by atoms with E-state index in [0.29, 0.717) is 16.8 Å². The van der Waals surface area contributed by atoms with Crippen LogP contribution in [0.5, 0.6) is 0 Å². The fourth-order valence-electron chi connectivity index (χ4n) is 3.05. The number of anilines is 1. The molecule has 1 amide bonds. The Morgan fingerprint density at radius 2 is 1.78 bits per heavy atom. The number of carbonyl (C=O) groups is 2. The summed E-state index contributed by atoms with van der Waals surface area (Å²) in [6.07, 6.45) is 0.647. The molecule has 0 aromatic heterocycles. The molecule has 0 aliphatic carbocycles. The molecule has 0 saturated heterocycles. The molecule has 23 heavy (non-hydrogen) atoms. The Bertz CT molecular complexity index is 766. The average molecular weight is 309 g/mol. The minimum atomic E-state index is -1.79. The van der Waals surface area contributed by atoms with Gasteiger partial charge in [0.1, 0.15) is 0 Å². The van der Waals surface area contributed by atoms with Gasteiger partial charge in [-0.15, -0.1) is 0 Å². The smallest absolute Gasteiger partial charge is 0.263 e. The first kappa shape index (κ1) is 15.4. The number of para-hydroxylation sites is 1. The van der Waals surface area contributed by atoms with Crippen LogP contribution in [0, 0.1) is 0 Å². The molecule has 0 bridgehead atoms. The second-order valence-electron chi connectivity index (χ2n) is 5.89. The van der Waals surface area contributed by atoms with E-state index in [0.717, 1.165) is 12.0 Å². The summed E-state index contributed by atoms with van der Waals surface area (Å²) in [5, 5.41) is 10.9. The van der Waals surface area contributed by atoms with Gasteiger partial charge in [0.25, 0.3) is 5.91 Å². The number of hydrogen-bond donors (Lipinski definition) is 1. The van der Waals surface area contributed by atoms with Crippen LogP contribution in [0.15, 0.2) is 48.5 Å².